The molecule has 0 spiro atoms. The summed E-state index contributed by atoms with van der Waals surface area (Å²) in [4.78, 5) is 11.8. The van der Waals surface area contributed by atoms with E-state index < -0.39 is 17.6 Å². The van der Waals surface area contributed by atoms with Gasteiger partial charge in [-0.05, 0) is 24.3 Å². The summed E-state index contributed by atoms with van der Waals surface area (Å²) < 4.78 is 36.2. The fourth-order valence-corrected chi connectivity index (χ4v) is 1.51. The van der Waals surface area contributed by atoms with Crippen LogP contribution in [-0.4, -0.2) is 13.1 Å². The molecule has 19 heavy (non-hydrogen) atoms. The van der Waals surface area contributed by atoms with Gasteiger partial charge in [-0.1, -0.05) is 12.1 Å². The van der Waals surface area contributed by atoms with Crippen molar-refractivity contribution in [3.63, 3.8) is 0 Å². The predicted octanol–water partition coefficient (Wildman–Crippen LogP) is 3.19. The lowest BCUT2D eigenvalue weighted by Crippen LogP contribution is -2.11. The summed E-state index contributed by atoms with van der Waals surface area (Å²) in [5.41, 5.74) is -0.340. The first-order chi connectivity index (χ1) is 9.11. The third-order valence-corrected chi connectivity index (χ3v) is 2.42. The maximum Gasteiger partial charge on any atom is 0.346 e. The summed E-state index contributed by atoms with van der Waals surface area (Å²) in [5.74, 6) is -2.13. The molecule has 0 N–H and O–H groups in total. The second-order valence-corrected chi connectivity index (χ2v) is 3.66. The van der Waals surface area contributed by atoms with Crippen LogP contribution in [0.2, 0.25) is 0 Å². The zero-order chi connectivity index (χ0) is 13.8. The Morgan fingerprint density at radius 1 is 1.05 bits per heavy atom. The van der Waals surface area contributed by atoms with Crippen LogP contribution in [0.25, 0.3) is 0 Å². The van der Waals surface area contributed by atoms with E-state index in [1.165, 1.54) is 13.2 Å². The molecule has 0 amide bonds. The highest BCUT2D eigenvalue weighted by Crippen LogP contribution is 2.27. The first-order valence-electron chi connectivity index (χ1n) is 5.42. The van der Waals surface area contributed by atoms with Crippen LogP contribution in [0.5, 0.6) is 11.5 Å². The molecule has 0 aliphatic rings. The van der Waals surface area contributed by atoms with Crippen LogP contribution < -0.4 is 9.47 Å². The van der Waals surface area contributed by atoms with Gasteiger partial charge < -0.3 is 9.47 Å². The van der Waals surface area contributed by atoms with E-state index in [9.17, 15) is 13.6 Å². The minimum Gasteiger partial charge on any atom is -0.493 e. The molecular formula is C14H10F2O3. The Kier molecular flexibility index (Phi) is 3.75. The molecule has 0 aliphatic carbocycles. The zero-order valence-electron chi connectivity index (χ0n) is 10.0. The number of carbonyl (C=O) groups is 1. The van der Waals surface area contributed by atoms with Crippen molar-refractivity contribution in [2.24, 2.45) is 0 Å². The van der Waals surface area contributed by atoms with Crippen LogP contribution in [0.15, 0.2) is 42.5 Å². The topological polar surface area (TPSA) is 35.5 Å². The van der Waals surface area contributed by atoms with Crippen molar-refractivity contribution < 1.29 is 23.0 Å². The Labute approximate surface area is 108 Å². The Morgan fingerprint density at radius 3 is 2.37 bits per heavy atom. The first kappa shape index (κ1) is 13.0. The molecule has 0 bridgehead atoms. The highest BCUT2D eigenvalue weighted by Gasteiger charge is 2.16. The van der Waals surface area contributed by atoms with Crippen LogP contribution in [-0.2, 0) is 0 Å². The van der Waals surface area contributed by atoms with Crippen molar-refractivity contribution >= 4 is 5.97 Å². The van der Waals surface area contributed by atoms with E-state index in [1.54, 1.807) is 18.2 Å². The predicted molar refractivity (Wildman–Crippen MR) is 64.3 cm³/mol. The van der Waals surface area contributed by atoms with Gasteiger partial charge in [0.25, 0.3) is 0 Å². The number of para-hydroxylation sites is 2. The minimum absolute atomic E-state index is 0.165. The molecule has 0 aromatic heterocycles. The van der Waals surface area contributed by atoms with E-state index in [-0.39, 0.29) is 11.3 Å². The van der Waals surface area contributed by atoms with Crippen molar-refractivity contribution in [3.05, 3.63) is 59.7 Å². The molecule has 2 aromatic carbocycles. The van der Waals surface area contributed by atoms with Crippen LogP contribution >= 0.6 is 0 Å². The van der Waals surface area contributed by atoms with E-state index in [0.717, 1.165) is 12.1 Å². The SMILES string of the molecule is COc1ccccc1OC(=O)c1ccc(F)cc1F. The molecule has 0 heterocycles. The molecule has 0 radical (unpaired) electrons. The number of hydrogen-bond donors (Lipinski definition) is 0. The van der Waals surface area contributed by atoms with Crippen LogP contribution in [0, 0.1) is 11.6 Å². The summed E-state index contributed by atoms with van der Waals surface area (Å²) in [7, 11) is 1.42. The molecular weight excluding hydrogens is 254 g/mol. The normalized spacial score (nSPS) is 10.1. The number of ether oxygens (including phenoxy) is 2. The molecule has 5 heteroatoms. The largest absolute Gasteiger partial charge is 0.493 e. The smallest absolute Gasteiger partial charge is 0.346 e. The highest BCUT2D eigenvalue weighted by atomic mass is 19.1. The van der Waals surface area contributed by atoms with Crippen LogP contribution in [0.4, 0.5) is 8.78 Å². The van der Waals surface area contributed by atoms with Gasteiger partial charge in [0.2, 0.25) is 0 Å². The third-order valence-electron chi connectivity index (χ3n) is 2.42. The fraction of sp³-hybridized carbons (Fsp3) is 0.0714. The van der Waals surface area contributed by atoms with Gasteiger partial charge in [0, 0.05) is 6.07 Å². The molecule has 0 saturated heterocycles. The second kappa shape index (κ2) is 5.48. The van der Waals surface area contributed by atoms with E-state index in [1.807, 2.05) is 0 Å². The first-order valence-corrected chi connectivity index (χ1v) is 5.42. The summed E-state index contributed by atoms with van der Waals surface area (Å²) in [5, 5.41) is 0. The number of carbonyl (C=O) groups excluding carboxylic acids is 1. The molecule has 2 rings (SSSR count). The van der Waals surface area contributed by atoms with Crippen molar-refractivity contribution in [2.75, 3.05) is 7.11 Å². The molecule has 3 nitrogen and oxygen atoms in total. The second-order valence-electron chi connectivity index (χ2n) is 3.66. The molecule has 0 atom stereocenters. The van der Waals surface area contributed by atoms with Crippen LogP contribution in [0.1, 0.15) is 10.4 Å². The molecule has 0 unspecified atom stereocenters. The number of halogens is 2. The van der Waals surface area contributed by atoms with Crippen LogP contribution in [0.3, 0.4) is 0 Å². The minimum atomic E-state index is -0.972. The maximum absolute atomic E-state index is 13.4. The number of methoxy groups -OCH3 is 1. The number of benzene rings is 2. The van der Waals surface area contributed by atoms with Crippen molar-refractivity contribution in [3.8, 4) is 11.5 Å². The monoisotopic (exact) mass is 264 g/mol. The van der Waals surface area contributed by atoms with Gasteiger partial charge in [-0.25, -0.2) is 13.6 Å². The third kappa shape index (κ3) is 2.88. The maximum atomic E-state index is 13.4. The van der Waals surface area contributed by atoms with Crippen molar-refractivity contribution in [1.29, 1.82) is 0 Å². The molecule has 2 aromatic rings. The lowest BCUT2D eigenvalue weighted by atomic mass is 10.2. The lowest BCUT2D eigenvalue weighted by molar-refractivity contribution is 0.0725. The van der Waals surface area contributed by atoms with Gasteiger partial charge in [-0.3, -0.25) is 0 Å². The van der Waals surface area contributed by atoms with Crippen molar-refractivity contribution in [1.82, 2.24) is 0 Å². The average molecular weight is 264 g/mol. The molecule has 0 saturated carbocycles. The Bertz CT molecular complexity index is 611. The van der Waals surface area contributed by atoms with E-state index in [2.05, 4.69) is 0 Å². The van der Waals surface area contributed by atoms with E-state index >= 15 is 0 Å². The Hall–Kier alpha value is -2.43. The Morgan fingerprint density at radius 2 is 1.74 bits per heavy atom. The number of rotatable bonds is 3. The Balaban J connectivity index is 2.26. The summed E-state index contributed by atoms with van der Waals surface area (Å²) in [6.45, 7) is 0. The van der Waals surface area contributed by atoms with Gasteiger partial charge in [0.15, 0.2) is 11.5 Å². The van der Waals surface area contributed by atoms with Gasteiger partial charge in [0.05, 0.1) is 12.7 Å². The van der Waals surface area contributed by atoms with Gasteiger partial charge in [-0.15, -0.1) is 0 Å². The highest BCUT2D eigenvalue weighted by molar-refractivity contribution is 5.91. The fourth-order valence-electron chi connectivity index (χ4n) is 1.51. The van der Waals surface area contributed by atoms with E-state index in [4.69, 9.17) is 9.47 Å². The average Bonchev–Trinajstić information content (AvgIpc) is 2.39. The van der Waals surface area contributed by atoms with Gasteiger partial charge in [0.1, 0.15) is 11.6 Å². The summed E-state index contributed by atoms with van der Waals surface area (Å²) >= 11 is 0. The molecule has 0 fully saturated rings. The standard InChI is InChI=1S/C14H10F2O3/c1-18-12-4-2-3-5-13(12)19-14(17)10-7-6-9(15)8-11(10)16/h2-8H,1H3. The van der Waals surface area contributed by atoms with Crippen molar-refractivity contribution in [2.45, 2.75) is 0 Å². The van der Waals surface area contributed by atoms with E-state index in [0.29, 0.717) is 11.8 Å². The van der Waals surface area contributed by atoms with Gasteiger partial charge in [-0.2, -0.15) is 0 Å². The zero-order valence-corrected chi connectivity index (χ0v) is 10.0. The molecule has 98 valence electrons. The van der Waals surface area contributed by atoms with Gasteiger partial charge >= 0.3 is 5.97 Å². The number of hydrogen-bond acceptors (Lipinski definition) is 3. The summed E-state index contributed by atoms with van der Waals surface area (Å²) in [6.07, 6.45) is 0. The lowest BCUT2D eigenvalue weighted by Gasteiger charge is -2.09. The summed E-state index contributed by atoms with van der Waals surface area (Å²) in [6, 6.07) is 9.10. The molecule has 0 aliphatic heterocycles. The number of esters is 1. The quantitative estimate of drug-likeness (QED) is 0.631.